The van der Waals surface area contributed by atoms with Crippen molar-refractivity contribution in [2.24, 2.45) is 0 Å². The lowest BCUT2D eigenvalue weighted by molar-refractivity contribution is 0.273. The van der Waals surface area contributed by atoms with Crippen LogP contribution in [0.4, 0.5) is 4.39 Å². The van der Waals surface area contributed by atoms with Gasteiger partial charge in [-0.05, 0) is 29.5 Å². The van der Waals surface area contributed by atoms with E-state index in [0.717, 1.165) is 17.5 Å². The first-order valence-corrected chi connectivity index (χ1v) is 6.13. The van der Waals surface area contributed by atoms with Crippen molar-refractivity contribution in [2.45, 2.75) is 24.9 Å². The lowest BCUT2D eigenvalue weighted by Gasteiger charge is -2.29. The lowest BCUT2D eigenvalue weighted by Crippen LogP contribution is -2.22. The van der Waals surface area contributed by atoms with E-state index in [1.807, 2.05) is 42.5 Å². The van der Waals surface area contributed by atoms with E-state index in [0.29, 0.717) is 6.42 Å². The van der Waals surface area contributed by atoms with Crippen molar-refractivity contribution in [1.82, 2.24) is 0 Å². The molecule has 2 atom stereocenters. The molecule has 0 fully saturated rings. The molecule has 17 heavy (non-hydrogen) atoms. The van der Waals surface area contributed by atoms with E-state index >= 15 is 0 Å². The van der Waals surface area contributed by atoms with Gasteiger partial charge >= 0.3 is 0 Å². The lowest BCUT2D eigenvalue weighted by atomic mass is 9.78. The van der Waals surface area contributed by atoms with Gasteiger partial charge in [-0.3, -0.25) is 0 Å². The van der Waals surface area contributed by atoms with Crippen LogP contribution in [-0.4, -0.2) is 6.17 Å². The van der Waals surface area contributed by atoms with Crippen LogP contribution >= 0.6 is 0 Å². The summed E-state index contributed by atoms with van der Waals surface area (Å²) in [4.78, 5) is 0. The molecule has 0 amide bonds. The SMILES string of the molecule is FC1CCc2ccccc2C1c1ccccc1. The second-order valence-electron chi connectivity index (χ2n) is 4.64. The molecular weight excluding hydrogens is 211 g/mol. The summed E-state index contributed by atoms with van der Waals surface area (Å²) in [6.45, 7) is 0. The van der Waals surface area contributed by atoms with Gasteiger partial charge in [0.1, 0.15) is 6.17 Å². The van der Waals surface area contributed by atoms with Crippen molar-refractivity contribution in [1.29, 1.82) is 0 Å². The molecule has 0 aliphatic heterocycles. The Morgan fingerprint density at radius 1 is 0.882 bits per heavy atom. The number of fused-ring (bicyclic) bond motifs is 1. The minimum absolute atomic E-state index is 0.0823. The zero-order chi connectivity index (χ0) is 11.7. The van der Waals surface area contributed by atoms with Crippen LogP contribution in [0, 0.1) is 0 Å². The van der Waals surface area contributed by atoms with Gasteiger partial charge < -0.3 is 0 Å². The summed E-state index contributed by atoms with van der Waals surface area (Å²) in [5.41, 5.74) is 3.56. The van der Waals surface area contributed by atoms with E-state index in [4.69, 9.17) is 0 Å². The Kier molecular flexibility index (Phi) is 2.68. The highest BCUT2D eigenvalue weighted by atomic mass is 19.1. The summed E-state index contributed by atoms with van der Waals surface area (Å²) >= 11 is 0. The van der Waals surface area contributed by atoms with Crippen molar-refractivity contribution >= 4 is 0 Å². The monoisotopic (exact) mass is 226 g/mol. The summed E-state index contributed by atoms with van der Waals surface area (Å²) in [7, 11) is 0. The number of hydrogen-bond donors (Lipinski definition) is 0. The average Bonchev–Trinajstić information content (AvgIpc) is 2.39. The van der Waals surface area contributed by atoms with Crippen molar-refractivity contribution in [3.05, 3.63) is 71.3 Å². The molecule has 0 saturated heterocycles. The third-order valence-corrected chi connectivity index (χ3v) is 3.60. The molecular formula is C16H15F. The van der Waals surface area contributed by atoms with Gasteiger partial charge in [0.2, 0.25) is 0 Å². The van der Waals surface area contributed by atoms with Crippen molar-refractivity contribution in [3.63, 3.8) is 0 Å². The number of aryl methyl sites for hydroxylation is 1. The first-order valence-electron chi connectivity index (χ1n) is 6.13. The van der Waals surface area contributed by atoms with Crippen LogP contribution in [0.25, 0.3) is 0 Å². The summed E-state index contributed by atoms with van der Waals surface area (Å²) < 4.78 is 14.2. The third kappa shape index (κ3) is 1.86. The molecule has 1 heteroatoms. The van der Waals surface area contributed by atoms with E-state index in [1.54, 1.807) is 0 Å². The third-order valence-electron chi connectivity index (χ3n) is 3.60. The fraction of sp³-hybridized carbons (Fsp3) is 0.250. The van der Waals surface area contributed by atoms with E-state index < -0.39 is 6.17 Å². The first-order chi connectivity index (χ1) is 8.36. The predicted octanol–water partition coefficient (Wildman–Crippen LogP) is 4.10. The highest BCUT2D eigenvalue weighted by Gasteiger charge is 2.30. The molecule has 0 radical (unpaired) electrons. The van der Waals surface area contributed by atoms with E-state index in [-0.39, 0.29) is 5.92 Å². The first kappa shape index (κ1) is 10.5. The fourth-order valence-electron chi connectivity index (χ4n) is 2.77. The van der Waals surface area contributed by atoms with Crippen LogP contribution in [0.5, 0.6) is 0 Å². The Bertz CT molecular complexity index is 504. The molecule has 2 aromatic carbocycles. The van der Waals surface area contributed by atoms with Crippen LogP contribution in [0.3, 0.4) is 0 Å². The topological polar surface area (TPSA) is 0 Å². The Balaban J connectivity index is 2.10. The maximum atomic E-state index is 14.2. The largest absolute Gasteiger partial charge is 0.246 e. The molecule has 2 unspecified atom stereocenters. The Morgan fingerprint density at radius 2 is 1.59 bits per heavy atom. The molecule has 86 valence electrons. The summed E-state index contributed by atoms with van der Waals surface area (Å²) in [5, 5.41) is 0. The Hall–Kier alpha value is -1.63. The van der Waals surface area contributed by atoms with Gasteiger partial charge in [-0.2, -0.15) is 0 Å². The maximum Gasteiger partial charge on any atom is 0.111 e. The minimum Gasteiger partial charge on any atom is -0.246 e. The zero-order valence-corrected chi connectivity index (χ0v) is 9.64. The summed E-state index contributed by atoms with van der Waals surface area (Å²) in [5.74, 6) is -0.0823. The molecule has 1 aliphatic rings. The van der Waals surface area contributed by atoms with Crippen molar-refractivity contribution in [2.75, 3.05) is 0 Å². The minimum atomic E-state index is -0.757. The molecule has 0 bridgehead atoms. The van der Waals surface area contributed by atoms with Gasteiger partial charge in [0, 0.05) is 5.92 Å². The summed E-state index contributed by atoms with van der Waals surface area (Å²) in [6.07, 6.45) is 0.740. The maximum absolute atomic E-state index is 14.2. The number of benzene rings is 2. The van der Waals surface area contributed by atoms with Gasteiger partial charge in [0.05, 0.1) is 0 Å². The molecule has 1 aliphatic carbocycles. The number of rotatable bonds is 1. The van der Waals surface area contributed by atoms with Gasteiger partial charge in [-0.15, -0.1) is 0 Å². The highest BCUT2D eigenvalue weighted by Crippen LogP contribution is 2.38. The van der Waals surface area contributed by atoms with Crippen LogP contribution in [0.1, 0.15) is 29.0 Å². The molecule has 3 rings (SSSR count). The Labute approximate surface area is 101 Å². The molecule has 0 heterocycles. The highest BCUT2D eigenvalue weighted by molar-refractivity contribution is 5.41. The Morgan fingerprint density at radius 3 is 2.41 bits per heavy atom. The predicted molar refractivity (Wildman–Crippen MR) is 67.9 cm³/mol. The molecule has 0 nitrogen and oxygen atoms in total. The molecule has 0 aromatic heterocycles. The number of alkyl halides is 1. The summed E-state index contributed by atoms with van der Waals surface area (Å²) in [6, 6.07) is 18.2. The molecule has 2 aromatic rings. The van der Waals surface area contributed by atoms with E-state index in [1.165, 1.54) is 5.56 Å². The van der Waals surface area contributed by atoms with Gasteiger partial charge in [-0.1, -0.05) is 54.6 Å². The average molecular weight is 226 g/mol. The molecule has 0 saturated carbocycles. The number of halogens is 1. The smallest absolute Gasteiger partial charge is 0.111 e. The van der Waals surface area contributed by atoms with Crippen LogP contribution in [-0.2, 0) is 6.42 Å². The number of hydrogen-bond acceptors (Lipinski definition) is 0. The molecule has 0 spiro atoms. The van der Waals surface area contributed by atoms with Crippen molar-refractivity contribution < 1.29 is 4.39 Å². The second kappa shape index (κ2) is 4.33. The second-order valence-corrected chi connectivity index (χ2v) is 4.64. The van der Waals surface area contributed by atoms with E-state index in [2.05, 4.69) is 12.1 Å². The van der Waals surface area contributed by atoms with Crippen LogP contribution in [0.15, 0.2) is 54.6 Å². The van der Waals surface area contributed by atoms with Gasteiger partial charge in [0.15, 0.2) is 0 Å². The van der Waals surface area contributed by atoms with Crippen LogP contribution < -0.4 is 0 Å². The zero-order valence-electron chi connectivity index (χ0n) is 9.64. The molecule has 0 N–H and O–H groups in total. The quantitative estimate of drug-likeness (QED) is 0.686. The van der Waals surface area contributed by atoms with Crippen molar-refractivity contribution in [3.8, 4) is 0 Å². The van der Waals surface area contributed by atoms with Crippen LogP contribution in [0.2, 0.25) is 0 Å². The standard InChI is InChI=1S/C16H15F/c17-15-11-10-12-6-4-5-9-14(12)16(15)13-7-2-1-3-8-13/h1-9,15-16H,10-11H2. The van der Waals surface area contributed by atoms with Gasteiger partial charge in [0.25, 0.3) is 0 Å². The fourth-order valence-corrected chi connectivity index (χ4v) is 2.77. The normalized spacial score (nSPS) is 23.1. The van der Waals surface area contributed by atoms with Gasteiger partial charge in [-0.25, -0.2) is 4.39 Å². The van der Waals surface area contributed by atoms with E-state index in [9.17, 15) is 4.39 Å².